The summed E-state index contributed by atoms with van der Waals surface area (Å²) in [4.78, 5) is 5.90. The molecule has 4 heteroatoms. The van der Waals surface area contributed by atoms with Crippen molar-refractivity contribution >= 4 is 22.2 Å². The highest BCUT2D eigenvalue weighted by Gasteiger charge is 2.22. The van der Waals surface area contributed by atoms with Gasteiger partial charge in [-0.3, -0.25) is 0 Å². The quantitative estimate of drug-likeness (QED) is 0.761. The Morgan fingerprint density at radius 2 is 1.70 bits per heavy atom. The summed E-state index contributed by atoms with van der Waals surface area (Å²) in [5.74, 6) is 0.614. The molecule has 0 saturated carbocycles. The minimum Gasteiger partial charge on any atom is -0.383 e. The Balaban J connectivity index is 1.61. The molecule has 0 amide bonds. The van der Waals surface area contributed by atoms with Gasteiger partial charge in [0.1, 0.15) is 17.0 Å². The number of fused-ring (bicyclic) bond motifs is 1. The van der Waals surface area contributed by atoms with E-state index in [1.807, 2.05) is 24.3 Å². The van der Waals surface area contributed by atoms with Gasteiger partial charge in [0.2, 0.25) is 0 Å². The molecule has 23 heavy (non-hydrogen) atoms. The fourth-order valence-electron chi connectivity index (χ4n) is 2.78. The van der Waals surface area contributed by atoms with Crippen LogP contribution in [0.4, 0.5) is 5.00 Å². The van der Waals surface area contributed by atoms with Gasteiger partial charge in [-0.1, -0.05) is 60.7 Å². The predicted molar refractivity (Wildman–Crippen MR) is 97.1 cm³/mol. The van der Waals surface area contributed by atoms with Crippen LogP contribution in [0.1, 0.15) is 27.7 Å². The summed E-state index contributed by atoms with van der Waals surface area (Å²) in [6.07, 6.45) is 0.815. The molecule has 0 saturated heterocycles. The second-order valence-electron chi connectivity index (χ2n) is 5.59. The molecule has 0 spiro atoms. The zero-order chi connectivity index (χ0) is 15.6. The lowest BCUT2D eigenvalue weighted by atomic mass is 10.1. The Morgan fingerprint density at radius 1 is 1.00 bits per heavy atom. The van der Waals surface area contributed by atoms with Crippen molar-refractivity contribution < 1.29 is 0 Å². The van der Waals surface area contributed by atoms with Crippen LogP contribution >= 0.6 is 11.3 Å². The molecular weight excluding hydrogens is 302 g/mol. The number of rotatable bonds is 3. The van der Waals surface area contributed by atoms with Crippen LogP contribution < -0.4 is 11.1 Å². The number of hydrogen-bond acceptors (Lipinski definition) is 4. The Labute approximate surface area is 139 Å². The highest BCUT2D eigenvalue weighted by atomic mass is 32.1. The van der Waals surface area contributed by atoms with Crippen LogP contribution in [0.25, 0.3) is 0 Å². The van der Waals surface area contributed by atoms with Crippen LogP contribution in [-0.2, 0) is 6.42 Å². The minimum atomic E-state index is -0.105. The van der Waals surface area contributed by atoms with Crippen molar-refractivity contribution in [1.82, 2.24) is 0 Å². The fourth-order valence-corrected chi connectivity index (χ4v) is 3.90. The van der Waals surface area contributed by atoms with E-state index in [4.69, 9.17) is 5.73 Å². The van der Waals surface area contributed by atoms with Crippen molar-refractivity contribution in [3.05, 3.63) is 88.3 Å². The third kappa shape index (κ3) is 2.85. The molecule has 2 aromatic carbocycles. The van der Waals surface area contributed by atoms with Crippen molar-refractivity contribution in [1.29, 1.82) is 0 Å². The number of benzene rings is 2. The third-order valence-corrected chi connectivity index (χ3v) is 5.00. The zero-order valence-electron chi connectivity index (χ0n) is 12.6. The first-order chi connectivity index (χ1) is 11.3. The van der Waals surface area contributed by atoms with Gasteiger partial charge in [-0.2, -0.15) is 0 Å². The Hall–Kier alpha value is -2.59. The third-order valence-electron chi connectivity index (χ3n) is 3.93. The molecular formula is C19H17N3S. The molecule has 1 aliphatic rings. The first kappa shape index (κ1) is 14.0. The van der Waals surface area contributed by atoms with Gasteiger partial charge in [0, 0.05) is 11.3 Å². The number of aliphatic imine (C=N–C) groups is 1. The van der Waals surface area contributed by atoms with E-state index in [0.29, 0.717) is 5.84 Å². The van der Waals surface area contributed by atoms with Crippen LogP contribution in [0.2, 0.25) is 0 Å². The molecule has 1 unspecified atom stereocenters. The smallest absolute Gasteiger partial charge is 0.147 e. The molecule has 114 valence electrons. The van der Waals surface area contributed by atoms with Gasteiger partial charge in [0.15, 0.2) is 0 Å². The number of nitrogens with one attached hydrogen (secondary N) is 1. The first-order valence-electron chi connectivity index (χ1n) is 7.61. The summed E-state index contributed by atoms with van der Waals surface area (Å²) >= 11 is 1.76. The molecule has 1 atom stereocenters. The van der Waals surface area contributed by atoms with Crippen LogP contribution in [0.15, 0.2) is 71.7 Å². The largest absolute Gasteiger partial charge is 0.383 e. The maximum Gasteiger partial charge on any atom is 0.147 e. The molecule has 1 aliphatic heterocycles. The average Bonchev–Trinajstić information content (AvgIpc) is 2.99. The van der Waals surface area contributed by atoms with Crippen molar-refractivity contribution in [3.8, 4) is 0 Å². The lowest BCUT2D eigenvalue weighted by Gasteiger charge is -2.21. The summed E-state index contributed by atoms with van der Waals surface area (Å²) in [6.45, 7) is 0. The van der Waals surface area contributed by atoms with Crippen LogP contribution in [0.3, 0.4) is 0 Å². The first-order valence-corrected chi connectivity index (χ1v) is 8.43. The molecule has 0 fully saturated rings. The highest BCUT2D eigenvalue weighted by Crippen LogP contribution is 2.36. The van der Waals surface area contributed by atoms with Gasteiger partial charge >= 0.3 is 0 Å². The van der Waals surface area contributed by atoms with Gasteiger partial charge < -0.3 is 11.1 Å². The van der Waals surface area contributed by atoms with E-state index in [9.17, 15) is 0 Å². The lowest BCUT2D eigenvalue weighted by molar-refractivity contribution is 0.830. The summed E-state index contributed by atoms with van der Waals surface area (Å²) in [5, 5.41) is 4.61. The van der Waals surface area contributed by atoms with Crippen LogP contribution in [0, 0.1) is 0 Å². The van der Waals surface area contributed by atoms with Crippen molar-refractivity contribution in [3.63, 3.8) is 0 Å². The van der Waals surface area contributed by atoms with Crippen molar-refractivity contribution in [2.75, 3.05) is 5.32 Å². The van der Waals surface area contributed by atoms with Crippen LogP contribution in [-0.4, -0.2) is 5.84 Å². The number of anilines is 1. The van der Waals surface area contributed by atoms with E-state index in [0.717, 1.165) is 22.5 Å². The monoisotopic (exact) mass is 319 g/mol. The second-order valence-corrected chi connectivity index (χ2v) is 6.73. The summed E-state index contributed by atoms with van der Waals surface area (Å²) in [5.41, 5.74) is 9.65. The van der Waals surface area contributed by atoms with Gasteiger partial charge in [-0.05, 0) is 17.2 Å². The van der Waals surface area contributed by atoms with Gasteiger partial charge in [-0.25, -0.2) is 4.99 Å². The maximum absolute atomic E-state index is 6.20. The molecule has 3 aromatic rings. The minimum absolute atomic E-state index is 0.105. The number of nitrogens with two attached hydrogens (primary N) is 1. The summed E-state index contributed by atoms with van der Waals surface area (Å²) < 4.78 is 0. The van der Waals surface area contributed by atoms with Crippen LogP contribution in [0.5, 0.6) is 0 Å². The van der Waals surface area contributed by atoms with Crippen molar-refractivity contribution in [2.24, 2.45) is 10.7 Å². The van der Waals surface area contributed by atoms with Gasteiger partial charge in [0.05, 0.1) is 5.56 Å². The Kier molecular flexibility index (Phi) is 3.60. The fraction of sp³-hybridized carbons (Fsp3) is 0.105. The molecule has 2 heterocycles. The van der Waals surface area contributed by atoms with E-state index in [2.05, 4.69) is 52.8 Å². The molecule has 0 aliphatic carbocycles. The van der Waals surface area contributed by atoms with Gasteiger partial charge in [-0.15, -0.1) is 11.3 Å². The Morgan fingerprint density at radius 3 is 2.43 bits per heavy atom. The number of amidine groups is 1. The molecule has 0 bridgehead atoms. The molecule has 4 rings (SSSR count). The van der Waals surface area contributed by atoms with Crippen molar-refractivity contribution in [2.45, 2.75) is 12.6 Å². The highest BCUT2D eigenvalue weighted by molar-refractivity contribution is 7.16. The molecule has 3 nitrogen and oxygen atoms in total. The summed E-state index contributed by atoms with van der Waals surface area (Å²) in [6, 6.07) is 22.8. The summed E-state index contributed by atoms with van der Waals surface area (Å²) in [7, 11) is 0. The number of hydrogen-bond donors (Lipinski definition) is 2. The maximum atomic E-state index is 6.20. The average molecular weight is 319 g/mol. The molecule has 3 N–H and O–H groups in total. The normalized spacial score (nSPS) is 16.3. The van der Waals surface area contributed by atoms with E-state index in [1.54, 1.807) is 11.3 Å². The second kappa shape index (κ2) is 5.89. The van der Waals surface area contributed by atoms with E-state index >= 15 is 0 Å². The van der Waals surface area contributed by atoms with Gasteiger partial charge in [0.25, 0.3) is 0 Å². The topological polar surface area (TPSA) is 50.4 Å². The Bertz CT molecular complexity index is 838. The zero-order valence-corrected chi connectivity index (χ0v) is 13.4. The standard InChI is InChI=1S/C19H17N3S/c20-17-16-12-15(11-13-7-3-1-4-8-13)23-19(16)22-18(21-17)14-9-5-2-6-10-14/h1-10,12,18,22H,11H2,(H2,20,21). The SMILES string of the molecule is NC1=NC(c2ccccc2)Nc2sc(Cc3ccccc3)cc21. The molecule has 0 radical (unpaired) electrons. The van der Waals surface area contributed by atoms with E-state index in [-0.39, 0.29) is 6.17 Å². The lowest BCUT2D eigenvalue weighted by Crippen LogP contribution is -2.23. The predicted octanol–water partition coefficient (Wildman–Crippen LogP) is 4.17. The van der Waals surface area contributed by atoms with E-state index in [1.165, 1.54) is 10.4 Å². The number of thiophene rings is 1. The molecule has 1 aromatic heterocycles. The number of nitrogens with zero attached hydrogens (tertiary/aromatic N) is 1. The van der Waals surface area contributed by atoms with E-state index < -0.39 is 0 Å².